The number of fused-ring (bicyclic) bond motifs is 1. The number of hydrogen-bond donors (Lipinski definition) is 0. The Labute approximate surface area is 176 Å². The first kappa shape index (κ1) is 19.4. The fourth-order valence-electron chi connectivity index (χ4n) is 3.39. The van der Waals surface area contributed by atoms with Gasteiger partial charge in [-0.2, -0.15) is 0 Å². The van der Waals surface area contributed by atoms with Crippen molar-refractivity contribution < 1.29 is 19.5 Å². The lowest BCUT2D eigenvalue weighted by atomic mass is 10.1. The molecule has 0 saturated carbocycles. The summed E-state index contributed by atoms with van der Waals surface area (Å²) in [5.41, 5.74) is 3.87. The topological polar surface area (TPSA) is 80.8 Å². The first-order valence-electron chi connectivity index (χ1n) is 8.78. The zero-order valence-electron chi connectivity index (χ0n) is 15.6. The van der Waals surface area contributed by atoms with Crippen molar-refractivity contribution in [3.05, 3.63) is 64.1 Å². The van der Waals surface area contributed by atoms with Gasteiger partial charge in [0.05, 0.1) is 34.4 Å². The molecular weight excluding hydrogens is 408 g/mol. The summed E-state index contributed by atoms with van der Waals surface area (Å²) in [5, 5.41) is 11.1. The van der Waals surface area contributed by atoms with Crippen molar-refractivity contribution in [1.29, 1.82) is 0 Å². The van der Waals surface area contributed by atoms with E-state index in [1.807, 2.05) is 32.0 Å². The highest BCUT2D eigenvalue weighted by Crippen LogP contribution is 2.45. The number of thioether (sulfide) groups is 1. The Morgan fingerprint density at radius 3 is 2.48 bits per heavy atom. The SMILES string of the molecule is Cc1ccc(N2C(=O)/C(=C3/C(=O)N(CC(=O)[O-])c4ccccc43)SC2=S)cc1C. The maximum absolute atomic E-state index is 13.2. The van der Waals surface area contributed by atoms with Crippen LogP contribution < -0.4 is 14.9 Å². The predicted molar refractivity (Wildman–Crippen MR) is 114 cm³/mol. The van der Waals surface area contributed by atoms with E-state index in [4.69, 9.17) is 12.2 Å². The molecule has 0 bridgehead atoms. The minimum Gasteiger partial charge on any atom is -0.548 e. The molecule has 4 rings (SSSR count). The summed E-state index contributed by atoms with van der Waals surface area (Å²) in [7, 11) is 0. The lowest BCUT2D eigenvalue weighted by molar-refractivity contribution is -0.303. The smallest absolute Gasteiger partial charge is 0.271 e. The molecule has 2 aromatic rings. The molecule has 0 aliphatic carbocycles. The lowest BCUT2D eigenvalue weighted by Gasteiger charge is -2.17. The molecule has 0 spiro atoms. The van der Waals surface area contributed by atoms with Crippen LogP contribution in [0.1, 0.15) is 16.7 Å². The Hall–Kier alpha value is -2.97. The number of aliphatic carboxylic acids is 1. The van der Waals surface area contributed by atoms with Gasteiger partial charge in [0, 0.05) is 5.56 Å². The van der Waals surface area contributed by atoms with Gasteiger partial charge in [-0.25, -0.2) is 0 Å². The van der Waals surface area contributed by atoms with E-state index in [2.05, 4.69) is 0 Å². The number of thiocarbonyl (C=S) groups is 1. The predicted octanol–water partition coefficient (Wildman–Crippen LogP) is 2.18. The Morgan fingerprint density at radius 1 is 1.07 bits per heavy atom. The fourth-order valence-corrected chi connectivity index (χ4v) is 4.76. The summed E-state index contributed by atoms with van der Waals surface area (Å²) >= 11 is 6.48. The molecule has 29 heavy (non-hydrogen) atoms. The molecule has 2 aliphatic rings. The normalized spacial score (nSPS) is 18.6. The van der Waals surface area contributed by atoms with Crippen molar-refractivity contribution in [1.82, 2.24) is 0 Å². The molecule has 0 aromatic heterocycles. The minimum absolute atomic E-state index is 0.172. The van der Waals surface area contributed by atoms with Crippen LogP contribution in [-0.4, -0.2) is 28.6 Å². The molecular formula is C21H15N2O4S2-. The maximum atomic E-state index is 13.2. The molecule has 6 nitrogen and oxygen atoms in total. The Balaban J connectivity index is 1.82. The largest absolute Gasteiger partial charge is 0.548 e. The monoisotopic (exact) mass is 423 g/mol. The second kappa shape index (κ2) is 7.13. The van der Waals surface area contributed by atoms with Crippen molar-refractivity contribution in [2.24, 2.45) is 0 Å². The number of nitrogens with zero attached hydrogens (tertiary/aromatic N) is 2. The van der Waals surface area contributed by atoms with Gasteiger partial charge in [0.25, 0.3) is 11.8 Å². The zero-order valence-corrected chi connectivity index (χ0v) is 17.2. The van der Waals surface area contributed by atoms with E-state index in [0.29, 0.717) is 21.3 Å². The summed E-state index contributed by atoms with van der Waals surface area (Å²) < 4.78 is 0.324. The minimum atomic E-state index is -1.38. The van der Waals surface area contributed by atoms with Crippen LogP contribution in [0.5, 0.6) is 0 Å². The number of para-hydroxylation sites is 1. The number of hydrogen-bond acceptors (Lipinski definition) is 6. The lowest BCUT2D eigenvalue weighted by Crippen LogP contribution is -2.39. The standard InChI is InChI=1S/C21H16N2O4S2/c1-11-7-8-13(9-12(11)2)23-20(27)18(29-21(23)28)17-14-5-3-4-6-15(14)22(19(17)26)10-16(24)25/h3-9H,10H2,1-2H3,(H,24,25)/p-1/b18-17-. The van der Waals surface area contributed by atoms with Gasteiger partial charge in [0.15, 0.2) is 4.32 Å². The number of aryl methyl sites for hydroxylation is 2. The second-order valence-electron chi connectivity index (χ2n) is 6.76. The first-order valence-corrected chi connectivity index (χ1v) is 10.0. The molecule has 0 unspecified atom stereocenters. The quantitative estimate of drug-likeness (QED) is 0.556. The van der Waals surface area contributed by atoms with Gasteiger partial charge in [0.1, 0.15) is 0 Å². The molecule has 0 radical (unpaired) electrons. The van der Waals surface area contributed by atoms with E-state index in [1.165, 1.54) is 4.90 Å². The summed E-state index contributed by atoms with van der Waals surface area (Å²) in [4.78, 5) is 40.1. The first-order chi connectivity index (χ1) is 13.8. The molecule has 0 atom stereocenters. The van der Waals surface area contributed by atoms with Crippen LogP contribution in [0.15, 0.2) is 47.4 Å². The number of carboxylic acids is 1. The maximum Gasteiger partial charge on any atom is 0.271 e. The van der Waals surface area contributed by atoms with Gasteiger partial charge in [-0.3, -0.25) is 14.5 Å². The number of carboxylic acid groups (broad SMARTS) is 1. The van der Waals surface area contributed by atoms with Crippen molar-refractivity contribution in [2.45, 2.75) is 13.8 Å². The number of carbonyl (C=O) groups excluding carboxylic acids is 3. The van der Waals surface area contributed by atoms with Gasteiger partial charge < -0.3 is 14.8 Å². The fraction of sp³-hybridized carbons (Fsp3) is 0.143. The van der Waals surface area contributed by atoms with Crippen molar-refractivity contribution >= 4 is 63.0 Å². The number of rotatable bonds is 3. The van der Waals surface area contributed by atoms with E-state index in [9.17, 15) is 19.5 Å². The highest BCUT2D eigenvalue weighted by molar-refractivity contribution is 8.27. The average Bonchev–Trinajstić information content (AvgIpc) is 3.11. The van der Waals surface area contributed by atoms with Gasteiger partial charge in [0.2, 0.25) is 0 Å². The third-order valence-corrected chi connectivity index (χ3v) is 6.33. The van der Waals surface area contributed by atoms with Crippen molar-refractivity contribution in [2.75, 3.05) is 16.3 Å². The van der Waals surface area contributed by atoms with E-state index in [0.717, 1.165) is 27.8 Å². The van der Waals surface area contributed by atoms with E-state index in [1.54, 1.807) is 24.3 Å². The molecule has 2 amide bonds. The molecule has 1 saturated heterocycles. The van der Waals surface area contributed by atoms with E-state index in [-0.39, 0.29) is 10.5 Å². The molecule has 0 N–H and O–H groups in total. The number of amides is 2. The van der Waals surface area contributed by atoms with Crippen LogP contribution >= 0.6 is 24.0 Å². The average molecular weight is 423 g/mol. The third-order valence-electron chi connectivity index (χ3n) is 4.96. The number of anilines is 2. The highest BCUT2D eigenvalue weighted by Gasteiger charge is 2.42. The van der Waals surface area contributed by atoms with Crippen LogP contribution in [0.2, 0.25) is 0 Å². The van der Waals surface area contributed by atoms with Gasteiger partial charge in [-0.1, -0.05) is 48.2 Å². The Morgan fingerprint density at radius 2 is 1.79 bits per heavy atom. The molecule has 2 aromatic carbocycles. The van der Waals surface area contributed by atoms with Crippen LogP contribution in [0, 0.1) is 13.8 Å². The van der Waals surface area contributed by atoms with Gasteiger partial charge >= 0.3 is 0 Å². The highest BCUT2D eigenvalue weighted by atomic mass is 32.2. The number of benzene rings is 2. The molecule has 8 heteroatoms. The zero-order chi connectivity index (χ0) is 20.9. The van der Waals surface area contributed by atoms with Crippen LogP contribution in [0.3, 0.4) is 0 Å². The van der Waals surface area contributed by atoms with Crippen LogP contribution in [0.25, 0.3) is 5.57 Å². The van der Waals surface area contributed by atoms with E-state index >= 15 is 0 Å². The molecule has 2 heterocycles. The van der Waals surface area contributed by atoms with E-state index < -0.39 is 24.3 Å². The molecule has 1 fully saturated rings. The molecule has 146 valence electrons. The van der Waals surface area contributed by atoms with Crippen molar-refractivity contribution in [3.63, 3.8) is 0 Å². The van der Waals surface area contributed by atoms with Crippen molar-refractivity contribution in [3.8, 4) is 0 Å². The van der Waals surface area contributed by atoms with Crippen LogP contribution in [0.4, 0.5) is 11.4 Å². The Kier molecular flexibility index (Phi) is 4.76. The summed E-state index contributed by atoms with van der Waals surface area (Å²) in [6.45, 7) is 3.34. The van der Waals surface area contributed by atoms with Crippen LogP contribution in [-0.2, 0) is 14.4 Å². The number of carbonyl (C=O) groups is 3. The Bertz CT molecular complexity index is 1140. The summed E-state index contributed by atoms with van der Waals surface area (Å²) in [6.07, 6.45) is 0. The second-order valence-corrected chi connectivity index (χ2v) is 8.41. The third kappa shape index (κ3) is 3.14. The summed E-state index contributed by atoms with van der Waals surface area (Å²) in [6, 6.07) is 12.4. The van der Waals surface area contributed by atoms with Gasteiger partial charge in [-0.15, -0.1) is 0 Å². The molecule has 2 aliphatic heterocycles. The van der Waals surface area contributed by atoms with Gasteiger partial charge in [-0.05, 0) is 43.2 Å². The summed E-state index contributed by atoms with van der Waals surface area (Å²) in [5.74, 6) is -2.32.